The number of hydrogen-bond acceptors (Lipinski definition) is 5. The molecule has 6 nitrogen and oxygen atoms in total. The number of nitrogens with one attached hydrogen (secondary N) is 1. The summed E-state index contributed by atoms with van der Waals surface area (Å²) in [6.07, 6.45) is 3.25. The number of Topliss-reactive ketones (excluding diaryl/α,β-unsaturated/α-hetero) is 1. The number of hydrogen-bond donors (Lipinski definition) is 1. The van der Waals surface area contributed by atoms with E-state index in [1.807, 2.05) is 50.2 Å². The van der Waals surface area contributed by atoms with Crippen LogP contribution in [-0.4, -0.2) is 25.4 Å². The zero-order valence-electron chi connectivity index (χ0n) is 20.2. The second-order valence-corrected chi connectivity index (χ2v) is 8.11. The van der Waals surface area contributed by atoms with Crippen molar-refractivity contribution in [3.8, 4) is 22.6 Å². The molecule has 3 aromatic carbocycles. The van der Waals surface area contributed by atoms with E-state index < -0.39 is 0 Å². The van der Waals surface area contributed by atoms with Gasteiger partial charge in [-0.05, 0) is 62.2 Å². The number of benzene rings is 3. The van der Waals surface area contributed by atoms with E-state index in [0.29, 0.717) is 29.2 Å². The fraction of sp³-hybridized carbons (Fsp3) is 0.172. The van der Waals surface area contributed by atoms with Gasteiger partial charge in [0, 0.05) is 39.9 Å². The highest BCUT2D eigenvalue weighted by Crippen LogP contribution is 2.38. The van der Waals surface area contributed by atoms with Gasteiger partial charge in [0.1, 0.15) is 17.1 Å². The van der Waals surface area contributed by atoms with Crippen LogP contribution in [0.2, 0.25) is 0 Å². The summed E-state index contributed by atoms with van der Waals surface area (Å²) in [6.45, 7) is 5.74. The Kier molecular flexibility index (Phi) is 7.01. The van der Waals surface area contributed by atoms with Crippen LogP contribution in [0.15, 0.2) is 77.4 Å². The van der Waals surface area contributed by atoms with Crippen LogP contribution < -0.4 is 14.8 Å². The summed E-state index contributed by atoms with van der Waals surface area (Å²) in [5.41, 5.74) is 5.25. The van der Waals surface area contributed by atoms with Gasteiger partial charge in [0.15, 0.2) is 5.78 Å². The maximum absolute atomic E-state index is 12.8. The van der Waals surface area contributed by atoms with E-state index in [1.165, 1.54) is 13.0 Å². The average Bonchev–Trinajstić information content (AvgIpc) is 3.26. The van der Waals surface area contributed by atoms with E-state index in [-0.39, 0.29) is 11.7 Å². The monoisotopic (exact) mass is 469 g/mol. The van der Waals surface area contributed by atoms with Crippen LogP contribution in [0.1, 0.15) is 36.7 Å². The van der Waals surface area contributed by atoms with Gasteiger partial charge in [0.25, 0.3) is 0 Å². The molecule has 0 aliphatic rings. The van der Waals surface area contributed by atoms with Crippen molar-refractivity contribution in [2.45, 2.75) is 20.8 Å². The van der Waals surface area contributed by atoms with Crippen LogP contribution in [0, 0.1) is 0 Å². The van der Waals surface area contributed by atoms with Gasteiger partial charge in [-0.15, -0.1) is 0 Å². The Hall–Kier alpha value is -4.32. The Balaban J connectivity index is 1.69. The number of ether oxygens (including phenoxy) is 2. The average molecular weight is 470 g/mol. The van der Waals surface area contributed by atoms with E-state index >= 15 is 0 Å². The van der Waals surface area contributed by atoms with Gasteiger partial charge in [0.2, 0.25) is 5.91 Å². The Bertz CT molecular complexity index is 1410. The third-order valence-electron chi connectivity index (χ3n) is 5.69. The SMILES string of the molecule is CCOc1cc2occ(-c3ccc(OC)cc3)c2cc1/C(C)=C/C(=O)Nc1cccc(C(C)=O)c1. The molecule has 0 saturated carbocycles. The molecule has 35 heavy (non-hydrogen) atoms. The van der Waals surface area contributed by atoms with Crippen molar-refractivity contribution in [2.24, 2.45) is 0 Å². The van der Waals surface area contributed by atoms with Gasteiger partial charge in [0.05, 0.1) is 20.0 Å². The number of allylic oxidation sites excluding steroid dienone is 1. The Labute approximate surface area is 204 Å². The number of furan rings is 1. The number of fused-ring (bicyclic) bond motifs is 1. The first-order chi connectivity index (χ1) is 16.9. The lowest BCUT2D eigenvalue weighted by Gasteiger charge is -2.12. The van der Waals surface area contributed by atoms with Crippen LogP contribution >= 0.6 is 0 Å². The van der Waals surface area contributed by atoms with E-state index in [9.17, 15) is 9.59 Å². The molecule has 1 amide bonds. The summed E-state index contributed by atoms with van der Waals surface area (Å²) >= 11 is 0. The molecule has 0 spiro atoms. The van der Waals surface area contributed by atoms with Crippen LogP contribution in [0.25, 0.3) is 27.7 Å². The van der Waals surface area contributed by atoms with E-state index in [1.54, 1.807) is 37.6 Å². The van der Waals surface area contributed by atoms with Crippen molar-refractivity contribution >= 4 is 33.9 Å². The fourth-order valence-electron chi connectivity index (χ4n) is 3.90. The zero-order chi connectivity index (χ0) is 24.9. The quantitative estimate of drug-likeness (QED) is 0.228. The van der Waals surface area contributed by atoms with Gasteiger partial charge < -0.3 is 19.2 Å². The van der Waals surface area contributed by atoms with Crippen molar-refractivity contribution < 1.29 is 23.5 Å². The minimum atomic E-state index is -0.298. The van der Waals surface area contributed by atoms with Gasteiger partial charge in [-0.1, -0.05) is 24.3 Å². The van der Waals surface area contributed by atoms with Crippen LogP contribution in [-0.2, 0) is 4.79 Å². The van der Waals surface area contributed by atoms with Gasteiger partial charge in [-0.2, -0.15) is 0 Å². The van der Waals surface area contributed by atoms with Crippen molar-refractivity contribution in [1.82, 2.24) is 0 Å². The lowest BCUT2D eigenvalue weighted by Crippen LogP contribution is -2.09. The summed E-state index contributed by atoms with van der Waals surface area (Å²) in [7, 11) is 1.63. The third kappa shape index (κ3) is 5.27. The second-order valence-electron chi connectivity index (χ2n) is 8.11. The zero-order valence-corrected chi connectivity index (χ0v) is 20.2. The first-order valence-electron chi connectivity index (χ1n) is 11.3. The normalized spacial score (nSPS) is 11.4. The molecule has 1 heterocycles. The predicted molar refractivity (Wildman–Crippen MR) is 138 cm³/mol. The van der Waals surface area contributed by atoms with Gasteiger partial charge in [-0.25, -0.2) is 0 Å². The minimum absolute atomic E-state index is 0.0599. The minimum Gasteiger partial charge on any atom is -0.497 e. The lowest BCUT2D eigenvalue weighted by molar-refractivity contribution is -0.111. The molecule has 178 valence electrons. The molecular weight excluding hydrogens is 442 g/mol. The van der Waals surface area contributed by atoms with E-state index in [2.05, 4.69) is 5.32 Å². The van der Waals surface area contributed by atoms with Crippen LogP contribution in [0.4, 0.5) is 5.69 Å². The van der Waals surface area contributed by atoms with Crippen molar-refractivity contribution in [3.63, 3.8) is 0 Å². The topological polar surface area (TPSA) is 77.8 Å². The highest BCUT2D eigenvalue weighted by molar-refractivity contribution is 6.06. The Morgan fingerprint density at radius 3 is 2.49 bits per heavy atom. The molecular formula is C29H27NO5. The Morgan fingerprint density at radius 2 is 1.80 bits per heavy atom. The summed E-state index contributed by atoms with van der Waals surface area (Å²) in [5, 5.41) is 3.74. The van der Waals surface area contributed by atoms with E-state index in [4.69, 9.17) is 13.9 Å². The second kappa shape index (κ2) is 10.3. The first kappa shape index (κ1) is 23.8. The molecule has 1 N–H and O–H groups in total. The molecule has 0 atom stereocenters. The number of carbonyl (C=O) groups excluding carboxylic acids is 2. The molecule has 0 saturated heterocycles. The summed E-state index contributed by atoms with van der Waals surface area (Å²) in [5.74, 6) is 1.05. The Morgan fingerprint density at radius 1 is 1.03 bits per heavy atom. The van der Waals surface area contributed by atoms with Crippen molar-refractivity contribution in [1.29, 1.82) is 0 Å². The summed E-state index contributed by atoms with van der Waals surface area (Å²) < 4.78 is 17.0. The van der Waals surface area contributed by atoms with Crippen molar-refractivity contribution in [3.05, 3.63) is 84.1 Å². The number of methoxy groups -OCH3 is 1. The van der Waals surface area contributed by atoms with E-state index in [0.717, 1.165) is 33.4 Å². The lowest BCUT2D eigenvalue weighted by atomic mass is 9.99. The van der Waals surface area contributed by atoms with Crippen LogP contribution in [0.5, 0.6) is 11.5 Å². The predicted octanol–water partition coefficient (Wildman–Crippen LogP) is 6.75. The maximum atomic E-state index is 12.8. The van der Waals surface area contributed by atoms with Gasteiger partial charge in [-0.3, -0.25) is 9.59 Å². The smallest absolute Gasteiger partial charge is 0.248 e. The third-order valence-corrected chi connectivity index (χ3v) is 5.69. The molecule has 0 aliphatic carbocycles. The standard InChI is InChI=1S/C29H27NO5/c1-5-34-27-16-28-25(26(17-35-28)20-9-11-23(33-4)12-10-20)15-24(27)18(2)13-29(32)30-22-8-6-7-21(14-22)19(3)31/h6-17H,5H2,1-4H3,(H,30,32)/b18-13+. The molecule has 0 radical (unpaired) electrons. The number of anilines is 1. The van der Waals surface area contributed by atoms with Crippen molar-refractivity contribution in [2.75, 3.05) is 19.0 Å². The first-order valence-corrected chi connectivity index (χ1v) is 11.3. The van der Waals surface area contributed by atoms with Crippen LogP contribution in [0.3, 0.4) is 0 Å². The number of carbonyl (C=O) groups is 2. The molecule has 0 unspecified atom stereocenters. The molecule has 4 aromatic rings. The number of ketones is 1. The summed E-state index contributed by atoms with van der Waals surface area (Å²) in [4.78, 5) is 24.4. The molecule has 4 rings (SSSR count). The number of rotatable bonds is 8. The largest absolute Gasteiger partial charge is 0.497 e. The molecule has 1 aromatic heterocycles. The highest BCUT2D eigenvalue weighted by Gasteiger charge is 2.15. The molecule has 0 fully saturated rings. The molecule has 0 aliphatic heterocycles. The van der Waals surface area contributed by atoms with Gasteiger partial charge >= 0.3 is 0 Å². The molecule has 6 heteroatoms. The summed E-state index contributed by atoms with van der Waals surface area (Å²) in [6, 6.07) is 18.5. The fourth-order valence-corrected chi connectivity index (χ4v) is 3.90. The maximum Gasteiger partial charge on any atom is 0.248 e. The highest BCUT2D eigenvalue weighted by atomic mass is 16.5. The number of amides is 1. The molecule has 0 bridgehead atoms.